The van der Waals surface area contributed by atoms with Crippen LogP contribution < -0.4 is 16.0 Å². The lowest BCUT2D eigenvalue weighted by molar-refractivity contribution is 0.372. The summed E-state index contributed by atoms with van der Waals surface area (Å²) in [5.74, 6) is 0.879. The molecule has 0 radical (unpaired) electrons. The van der Waals surface area contributed by atoms with E-state index in [0.29, 0.717) is 23.1 Å². The van der Waals surface area contributed by atoms with E-state index in [9.17, 15) is 8.42 Å². The fourth-order valence-electron chi connectivity index (χ4n) is 2.81. The summed E-state index contributed by atoms with van der Waals surface area (Å²) in [6, 6.07) is 5.38. The minimum Gasteiger partial charge on any atom is -0.355 e. The molecule has 0 saturated carbocycles. The van der Waals surface area contributed by atoms with Gasteiger partial charge in [-0.1, -0.05) is 12.1 Å². The number of nitrogens with zero attached hydrogens (tertiary/aromatic N) is 1. The molecule has 3 rings (SSSR count). The number of hydrogen-bond acceptors (Lipinski definition) is 5. The molecule has 1 saturated heterocycles. The molecule has 0 aliphatic carbocycles. The number of anilines is 1. The first kappa shape index (κ1) is 17.1. The van der Waals surface area contributed by atoms with Crippen LogP contribution >= 0.6 is 12.4 Å². The first-order chi connectivity index (χ1) is 10.1. The average Bonchev–Trinajstić information content (AvgIpc) is 2.45. The second kappa shape index (κ2) is 6.85. The maximum Gasteiger partial charge on any atom is 0.287 e. The standard InChI is InChI=1S/C14H20N4O2S.ClH/c1-10-3-2-4-12-13(10)21(19,20)18-14(17-12)16-9-11-5-7-15-8-6-11;/h2-4,11,15H,5-9H2,1H3,(H2,16,17,18);1H. The van der Waals surface area contributed by atoms with Crippen molar-refractivity contribution >= 4 is 34.1 Å². The van der Waals surface area contributed by atoms with Crippen LogP contribution in [0.1, 0.15) is 18.4 Å². The van der Waals surface area contributed by atoms with Crippen LogP contribution in [0.4, 0.5) is 5.69 Å². The first-order valence-electron chi connectivity index (χ1n) is 7.22. The molecule has 122 valence electrons. The zero-order chi connectivity index (χ0) is 14.9. The summed E-state index contributed by atoms with van der Waals surface area (Å²) in [6.45, 7) is 4.56. The highest BCUT2D eigenvalue weighted by Gasteiger charge is 2.26. The van der Waals surface area contributed by atoms with Gasteiger partial charge in [0.05, 0.1) is 5.69 Å². The fraction of sp³-hybridized carbons (Fsp3) is 0.500. The van der Waals surface area contributed by atoms with Crippen molar-refractivity contribution in [3.63, 3.8) is 0 Å². The molecule has 0 bridgehead atoms. The van der Waals surface area contributed by atoms with E-state index >= 15 is 0 Å². The molecular formula is C14H21ClN4O2S. The zero-order valence-corrected chi connectivity index (χ0v) is 14.1. The van der Waals surface area contributed by atoms with Crippen LogP contribution in [-0.2, 0) is 10.0 Å². The molecule has 6 nitrogen and oxygen atoms in total. The number of guanidine groups is 1. The number of aryl methyl sites for hydroxylation is 1. The summed E-state index contributed by atoms with van der Waals surface area (Å²) in [4.78, 5) is 0.275. The van der Waals surface area contributed by atoms with Gasteiger partial charge in [0.25, 0.3) is 10.0 Å². The molecule has 1 fully saturated rings. The number of benzene rings is 1. The fourth-order valence-corrected chi connectivity index (χ4v) is 4.13. The topological polar surface area (TPSA) is 82.6 Å². The van der Waals surface area contributed by atoms with E-state index in [1.165, 1.54) is 0 Å². The van der Waals surface area contributed by atoms with Gasteiger partial charge in [-0.2, -0.15) is 8.42 Å². The minimum atomic E-state index is -3.62. The van der Waals surface area contributed by atoms with Crippen molar-refractivity contribution in [2.24, 2.45) is 10.3 Å². The second-order valence-corrected chi connectivity index (χ2v) is 7.11. The molecular weight excluding hydrogens is 324 g/mol. The summed E-state index contributed by atoms with van der Waals surface area (Å²) in [5, 5.41) is 9.53. The number of nitrogens with one attached hydrogen (secondary N) is 3. The quantitative estimate of drug-likeness (QED) is 0.757. The molecule has 1 aromatic carbocycles. The van der Waals surface area contributed by atoms with Crippen LogP contribution in [0.2, 0.25) is 0 Å². The van der Waals surface area contributed by atoms with E-state index < -0.39 is 10.0 Å². The third kappa shape index (κ3) is 3.53. The van der Waals surface area contributed by atoms with Gasteiger partial charge in [0.1, 0.15) is 4.90 Å². The molecule has 8 heteroatoms. The van der Waals surface area contributed by atoms with Crippen LogP contribution in [0.15, 0.2) is 27.5 Å². The minimum absolute atomic E-state index is 0. The molecule has 0 spiro atoms. The van der Waals surface area contributed by atoms with Gasteiger partial charge < -0.3 is 16.0 Å². The lowest BCUT2D eigenvalue weighted by Gasteiger charge is -2.25. The zero-order valence-electron chi connectivity index (χ0n) is 12.4. The Bertz CT molecular complexity index is 669. The Kier molecular flexibility index (Phi) is 5.31. The van der Waals surface area contributed by atoms with Gasteiger partial charge in [0.2, 0.25) is 5.96 Å². The van der Waals surface area contributed by atoms with Crippen LogP contribution in [0, 0.1) is 12.8 Å². The smallest absolute Gasteiger partial charge is 0.287 e. The second-order valence-electron chi connectivity index (χ2n) is 5.57. The predicted molar refractivity (Wildman–Crippen MR) is 90.3 cm³/mol. The lowest BCUT2D eigenvalue weighted by Crippen LogP contribution is -2.40. The highest BCUT2D eigenvalue weighted by atomic mass is 35.5. The van der Waals surface area contributed by atoms with Gasteiger partial charge in [-0.05, 0) is 50.4 Å². The summed E-state index contributed by atoms with van der Waals surface area (Å²) < 4.78 is 28.4. The Morgan fingerprint density at radius 3 is 2.77 bits per heavy atom. The highest BCUT2D eigenvalue weighted by Crippen LogP contribution is 2.29. The molecule has 0 unspecified atom stereocenters. The summed E-state index contributed by atoms with van der Waals surface area (Å²) in [7, 11) is -3.62. The molecule has 22 heavy (non-hydrogen) atoms. The Hall–Kier alpha value is -1.31. The largest absolute Gasteiger partial charge is 0.355 e. The van der Waals surface area contributed by atoms with Crippen molar-refractivity contribution in [3.05, 3.63) is 23.8 Å². The Morgan fingerprint density at radius 1 is 1.32 bits per heavy atom. The Morgan fingerprint density at radius 2 is 2.05 bits per heavy atom. The van der Waals surface area contributed by atoms with Crippen molar-refractivity contribution < 1.29 is 8.42 Å². The van der Waals surface area contributed by atoms with Gasteiger partial charge in [0, 0.05) is 6.54 Å². The maximum atomic E-state index is 12.3. The predicted octanol–water partition coefficient (Wildman–Crippen LogP) is 1.48. The molecule has 2 heterocycles. The molecule has 2 aliphatic heterocycles. The molecule has 2 aliphatic rings. The molecule has 3 N–H and O–H groups in total. The third-order valence-corrected chi connectivity index (χ3v) is 5.43. The molecule has 0 aromatic heterocycles. The summed E-state index contributed by atoms with van der Waals surface area (Å²) >= 11 is 0. The van der Waals surface area contributed by atoms with Gasteiger partial charge >= 0.3 is 0 Å². The van der Waals surface area contributed by atoms with Gasteiger partial charge in [-0.25, -0.2) is 0 Å². The maximum absolute atomic E-state index is 12.3. The monoisotopic (exact) mass is 344 g/mol. The SMILES string of the molecule is Cc1cccc2c1S(=O)(=O)N=C(NCC1CCNCC1)N2.Cl. The lowest BCUT2D eigenvalue weighted by atomic mass is 9.98. The molecule has 1 aromatic rings. The average molecular weight is 345 g/mol. The van der Waals surface area contributed by atoms with E-state index in [1.807, 2.05) is 6.07 Å². The normalized spacial score (nSPS) is 20.1. The molecule has 0 atom stereocenters. The van der Waals surface area contributed by atoms with E-state index in [0.717, 1.165) is 32.5 Å². The van der Waals surface area contributed by atoms with Crippen molar-refractivity contribution in [2.75, 3.05) is 25.0 Å². The number of piperidine rings is 1. The Labute approximate surface area is 137 Å². The van der Waals surface area contributed by atoms with Crippen LogP contribution in [-0.4, -0.2) is 34.0 Å². The van der Waals surface area contributed by atoms with E-state index in [1.54, 1.807) is 19.1 Å². The van der Waals surface area contributed by atoms with Crippen molar-refractivity contribution in [2.45, 2.75) is 24.7 Å². The van der Waals surface area contributed by atoms with Crippen LogP contribution in [0.5, 0.6) is 0 Å². The van der Waals surface area contributed by atoms with Gasteiger partial charge in [-0.3, -0.25) is 0 Å². The number of fused-ring (bicyclic) bond motifs is 1. The first-order valence-corrected chi connectivity index (χ1v) is 8.66. The third-order valence-electron chi connectivity index (χ3n) is 3.95. The number of hydrogen-bond donors (Lipinski definition) is 3. The number of sulfonamides is 1. The highest BCUT2D eigenvalue weighted by molar-refractivity contribution is 7.90. The Balaban J connectivity index is 0.00000176. The van der Waals surface area contributed by atoms with Crippen molar-refractivity contribution in [1.29, 1.82) is 0 Å². The number of halogens is 1. The van der Waals surface area contributed by atoms with Gasteiger partial charge in [-0.15, -0.1) is 16.8 Å². The van der Waals surface area contributed by atoms with Crippen molar-refractivity contribution in [1.82, 2.24) is 10.6 Å². The van der Waals surface area contributed by atoms with E-state index in [-0.39, 0.29) is 17.3 Å². The van der Waals surface area contributed by atoms with Crippen LogP contribution in [0.25, 0.3) is 0 Å². The number of rotatable bonds is 2. The van der Waals surface area contributed by atoms with E-state index in [4.69, 9.17) is 0 Å². The summed E-state index contributed by atoms with van der Waals surface area (Å²) in [5.41, 5.74) is 1.30. The van der Waals surface area contributed by atoms with Crippen molar-refractivity contribution in [3.8, 4) is 0 Å². The molecule has 0 amide bonds. The summed E-state index contributed by atoms with van der Waals surface area (Å²) in [6.07, 6.45) is 2.20. The van der Waals surface area contributed by atoms with Gasteiger partial charge in [0.15, 0.2) is 0 Å². The van der Waals surface area contributed by atoms with E-state index in [2.05, 4.69) is 20.3 Å². The van der Waals surface area contributed by atoms with Crippen LogP contribution in [0.3, 0.4) is 0 Å².